The Labute approximate surface area is 282 Å². The molecule has 3 aliphatic rings. The van der Waals surface area contributed by atoms with Crippen LogP contribution in [0, 0.1) is 0 Å². The first-order valence-corrected chi connectivity index (χ1v) is 17.4. The number of piperidine rings is 1. The molecule has 0 saturated carbocycles. The minimum Gasteiger partial charge on any atom is -0.493 e. The molecule has 1 unspecified atom stereocenters. The SMILES string of the molecule is CCOCCn1c(NC2CCN(CCC3(c4ccccc4)CCN(C(=O)c4cc5c(c(OC)c4)OOCC5)C3)CC2)nc2ccccc21. The molecule has 7 rings (SSSR count). The fourth-order valence-electron chi connectivity index (χ4n) is 7.64. The fraction of sp³-hybridized carbons (Fsp3) is 0.474. The Balaban J connectivity index is 0.999. The number of ether oxygens (including phenoxy) is 2. The van der Waals surface area contributed by atoms with Crippen molar-refractivity contribution in [1.82, 2.24) is 19.4 Å². The van der Waals surface area contributed by atoms with Crippen LogP contribution in [0.5, 0.6) is 11.5 Å². The van der Waals surface area contributed by atoms with Gasteiger partial charge in [0.15, 0.2) is 5.75 Å². The smallest absolute Gasteiger partial charge is 0.254 e. The van der Waals surface area contributed by atoms with Crippen molar-refractivity contribution in [2.75, 3.05) is 65.0 Å². The summed E-state index contributed by atoms with van der Waals surface area (Å²) >= 11 is 0. The van der Waals surface area contributed by atoms with Crippen LogP contribution in [0.2, 0.25) is 0 Å². The average molecular weight is 654 g/mol. The van der Waals surface area contributed by atoms with Crippen LogP contribution in [0.25, 0.3) is 11.0 Å². The third kappa shape index (κ3) is 6.74. The number of carbonyl (C=O) groups is 1. The Morgan fingerprint density at radius 2 is 1.85 bits per heavy atom. The molecule has 1 amide bonds. The lowest BCUT2D eigenvalue weighted by molar-refractivity contribution is -0.216. The molecule has 2 fully saturated rings. The number of benzene rings is 3. The first-order chi connectivity index (χ1) is 23.6. The van der Waals surface area contributed by atoms with Gasteiger partial charge < -0.3 is 34.0 Å². The van der Waals surface area contributed by atoms with E-state index in [9.17, 15) is 4.79 Å². The molecule has 0 bridgehead atoms. The number of nitrogens with zero attached hydrogens (tertiary/aromatic N) is 4. The Morgan fingerprint density at radius 1 is 1.04 bits per heavy atom. The average Bonchev–Trinajstić information content (AvgIpc) is 3.73. The number of nitrogens with one attached hydrogen (secondary N) is 1. The maximum Gasteiger partial charge on any atom is 0.254 e. The van der Waals surface area contributed by atoms with E-state index in [1.807, 2.05) is 24.0 Å². The molecule has 0 aliphatic carbocycles. The van der Waals surface area contributed by atoms with Crippen LogP contribution < -0.4 is 14.9 Å². The van der Waals surface area contributed by atoms with Crippen molar-refractivity contribution < 1.29 is 24.0 Å². The molecule has 0 spiro atoms. The van der Waals surface area contributed by atoms with E-state index in [1.165, 1.54) is 5.56 Å². The number of imidazole rings is 1. The molecule has 2 saturated heterocycles. The van der Waals surface area contributed by atoms with Crippen LogP contribution in [0.3, 0.4) is 0 Å². The van der Waals surface area contributed by atoms with Crippen molar-refractivity contribution >= 4 is 22.9 Å². The van der Waals surface area contributed by atoms with Crippen LogP contribution in [-0.2, 0) is 28.0 Å². The van der Waals surface area contributed by atoms with Crippen molar-refractivity contribution in [3.63, 3.8) is 0 Å². The number of fused-ring (bicyclic) bond motifs is 2. The van der Waals surface area contributed by atoms with Gasteiger partial charge in [0.25, 0.3) is 5.91 Å². The third-order valence-electron chi connectivity index (χ3n) is 10.4. The molecule has 10 nitrogen and oxygen atoms in total. The van der Waals surface area contributed by atoms with Crippen LogP contribution in [0.15, 0.2) is 66.7 Å². The standard InChI is InChI=1S/C38H47N5O5/c1-3-46-24-22-43-33-12-8-7-11-32(33)40-37(43)39-31-13-18-41(19-14-31)20-16-38(30-9-5-4-6-10-30)17-21-42(27-38)36(44)29-25-28-15-23-47-48-35(28)34(26-29)45-2/h4-12,25-26,31H,3,13-24,27H2,1-2H3,(H,39,40). The van der Waals surface area contributed by atoms with Gasteiger partial charge in [-0.1, -0.05) is 42.5 Å². The van der Waals surface area contributed by atoms with Gasteiger partial charge in [0.2, 0.25) is 11.7 Å². The number of carbonyl (C=O) groups excluding carboxylic acids is 1. The van der Waals surface area contributed by atoms with Gasteiger partial charge in [-0.15, -0.1) is 0 Å². The molecule has 3 aliphatic heterocycles. The lowest BCUT2D eigenvalue weighted by Crippen LogP contribution is -2.42. The highest BCUT2D eigenvalue weighted by Gasteiger charge is 2.42. The largest absolute Gasteiger partial charge is 0.493 e. The van der Waals surface area contributed by atoms with Crippen molar-refractivity contribution in [3.05, 3.63) is 83.4 Å². The molecule has 1 aromatic heterocycles. The summed E-state index contributed by atoms with van der Waals surface area (Å²) in [6.45, 7) is 9.14. The van der Waals surface area contributed by atoms with Gasteiger partial charge in [-0.25, -0.2) is 4.98 Å². The molecule has 1 N–H and O–H groups in total. The highest BCUT2D eigenvalue weighted by Crippen LogP contribution is 2.40. The number of anilines is 1. The molecular formula is C38H47N5O5. The minimum absolute atomic E-state index is 0.0413. The van der Waals surface area contributed by atoms with Gasteiger partial charge in [0.1, 0.15) is 0 Å². The molecule has 254 valence electrons. The maximum atomic E-state index is 13.9. The molecule has 0 radical (unpaired) electrons. The van der Waals surface area contributed by atoms with E-state index < -0.39 is 0 Å². The number of methoxy groups -OCH3 is 1. The van der Waals surface area contributed by atoms with Crippen LogP contribution >= 0.6 is 0 Å². The summed E-state index contributed by atoms with van der Waals surface area (Å²) in [5, 5.41) is 3.78. The molecule has 3 aromatic carbocycles. The zero-order valence-corrected chi connectivity index (χ0v) is 28.2. The Bertz CT molecular complexity index is 1690. The van der Waals surface area contributed by atoms with Gasteiger partial charge in [0.05, 0.1) is 31.4 Å². The lowest BCUT2D eigenvalue weighted by atomic mass is 9.76. The summed E-state index contributed by atoms with van der Waals surface area (Å²) in [6, 6.07) is 23.2. The normalized spacial score (nSPS) is 20.1. The van der Waals surface area contributed by atoms with Crippen molar-refractivity contribution in [2.45, 2.75) is 57.0 Å². The zero-order valence-electron chi connectivity index (χ0n) is 28.2. The van der Waals surface area contributed by atoms with E-state index in [0.717, 1.165) is 81.0 Å². The van der Waals surface area contributed by atoms with Gasteiger partial charge in [-0.05, 0) is 69.0 Å². The first-order valence-electron chi connectivity index (χ1n) is 17.4. The van der Waals surface area contributed by atoms with E-state index in [0.29, 0.717) is 55.9 Å². The number of para-hydroxylation sites is 2. The maximum absolute atomic E-state index is 13.9. The molecule has 1 atom stereocenters. The summed E-state index contributed by atoms with van der Waals surface area (Å²) < 4.78 is 13.5. The van der Waals surface area contributed by atoms with E-state index in [1.54, 1.807) is 13.2 Å². The number of hydrogen-bond donors (Lipinski definition) is 1. The summed E-state index contributed by atoms with van der Waals surface area (Å²) in [5.74, 6) is 2.08. The number of hydrogen-bond acceptors (Lipinski definition) is 8. The Kier molecular flexibility index (Phi) is 9.83. The van der Waals surface area contributed by atoms with Gasteiger partial charge in [-0.2, -0.15) is 4.89 Å². The van der Waals surface area contributed by atoms with E-state index in [4.69, 9.17) is 24.2 Å². The van der Waals surface area contributed by atoms with Crippen molar-refractivity contribution in [3.8, 4) is 11.5 Å². The van der Waals surface area contributed by atoms with E-state index in [2.05, 4.69) is 63.3 Å². The van der Waals surface area contributed by atoms with Crippen LogP contribution in [0.4, 0.5) is 5.95 Å². The minimum atomic E-state index is -0.0906. The van der Waals surface area contributed by atoms with Crippen LogP contribution in [-0.4, -0.2) is 91.0 Å². The quantitative estimate of drug-likeness (QED) is 0.154. The summed E-state index contributed by atoms with van der Waals surface area (Å²) in [6.07, 6.45) is 4.75. The van der Waals surface area contributed by atoms with Gasteiger partial charge >= 0.3 is 0 Å². The zero-order chi connectivity index (χ0) is 32.9. The highest BCUT2D eigenvalue weighted by atomic mass is 17.2. The molecule has 48 heavy (non-hydrogen) atoms. The topological polar surface area (TPSA) is 90.3 Å². The highest BCUT2D eigenvalue weighted by molar-refractivity contribution is 5.95. The van der Waals surface area contributed by atoms with E-state index >= 15 is 0 Å². The summed E-state index contributed by atoms with van der Waals surface area (Å²) in [4.78, 5) is 34.1. The molecule has 4 aromatic rings. The second kappa shape index (κ2) is 14.6. The summed E-state index contributed by atoms with van der Waals surface area (Å²) in [7, 11) is 1.59. The second-order valence-corrected chi connectivity index (χ2v) is 13.2. The Hall–Kier alpha value is -4.12. The number of amides is 1. The van der Waals surface area contributed by atoms with Crippen LogP contribution in [0.1, 0.15) is 54.1 Å². The van der Waals surface area contributed by atoms with Gasteiger partial charge in [-0.3, -0.25) is 4.79 Å². The predicted molar refractivity (Wildman–Crippen MR) is 186 cm³/mol. The molecular weight excluding hydrogens is 606 g/mol. The number of likely N-dealkylation sites (tertiary alicyclic amines) is 2. The summed E-state index contributed by atoms with van der Waals surface area (Å²) in [5.41, 5.74) is 4.96. The van der Waals surface area contributed by atoms with Crippen molar-refractivity contribution in [1.29, 1.82) is 0 Å². The van der Waals surface area contributed by atoms with Crippen molar-refractivity contribution in [2.24, 2.45) is 0 Å². The molecule has 4 heterocycles. The number of rotatable bonds is 12. The van der Waals surface area contributed by atoms with E-state index in [-0.39, 0.29) is 11.3 Å². The number of aromatic nitrogens is 2. The van der Waals surface area contributed by atoms with Gasteiger partial charge in [0, 0.05) is 68.3 Å². The first kappa shape index (κ1) is 32.4. The Morgan fingerprint density at radius 3 is 2.67 bits per heavy atom. The lowest BCUT2D eigenvalue weighted by Gasteiger charge is -2.36. The second-order valence-electron chi connectivity index (χ2n) is 13.2. The predicted octanol–water partition coefficient (Wildman–Crippen LogP) is 5.70. The monoisotopic (exact) mass is 653 g/mol. The molecule has 10 heteroatoms. The fourth-order valence-corrected chi connectivity index (χ4v) is 7.64. The third-order valence-corrected chi connectivity index (χ3v) is 10.4.